The maximum absolute atomic E-state index is 5.95. The Morgan fingerprint density at radius 3 is 2.30 bits per heavy atom. The van der Waals surface area contributed by atoms with E-state index in [1.165, 1.54) is 4.68 Å². The van der Waals surface area contributed by atoms with Crippen LogP contribution in [-0.2, 0) is 0 Å². The molecule has 0 bridgehead atoms. The number of ether oxygens (including phenoxy) is 3. The summed E-state index contributed by atoms with van der Waals surface area (Å²) in [6, 6.07) is 10.7. The molecule has 2 aromatic carbocycles. The van der Waals surface area contributed by atoms with E-state index in [1.54, 1.807) is 51.8 Å². The van der Waals surface area contributed by atoms with Gasteiger partial charge in [0.05, 0.1) is 27.5 Å². The largest absolute Gasteiger partial charge is 0.496 e. The van der Waals surface area contributed by atoms with E-state index < -0.39 is 0 Å². The van der Waals surface area contributed by atoms with Crippen LogP contribution in [0.25, 0.3) is 11.4 Å². The van der Waals surface area contributed by atoms with Gasteiger partial charge >= 0.3 is 0 Å². The molecule has 3 rings (SSSR count). The van der Waals surface area contributed by atoms with Gasteiger partial charge in [0.1, 0.15) is 5.75 Å². The van der Waals surface area contributed by atoms with Crippen LogP contribution in [0.3, 0.4) is 0 Å². The van der Waals surface area contributed by atoms with Crippen molar-refractivity contribution in [2.24, 2.45) is 5.10 Å². The molecule has 27 heavy (non-hydrogen) atoms. The van der Waals surface area contributed by atoms with Gasteiger partial charge in [-0.1, -0.05) is 11.6 Å². The molecule has 0 atom stereocenters. The molecule has 1 N–H and O–H groups in total. The number of aromatic nitrogens is 3. The number of hydrogen-bond acceptors (Lipinski definition) is 6. The molecule has 1 heterocycles. The number of methoxy groups -OCH3 is 3. The Balaban J connectivity index is 2.03. The molecular formula is C18H17ClN4O3S. The first-order valence-corrected chi connectivity index (χ1v) is 8.63. The van der Waals surface area contributed by atoms with Gasteiger partial charge in [-0.05, 0) is 42.5 Å². The Morgan fingerprint density at radius 1 is 1.04 bits per heavy atom. The molecule has 3 aromatic rings. The number of halogens is 1. The molecule has 0 saturated heterocycles. The molecule has 1 aromatic heterocycles. The average Bonchev–Trinajstić information content (AvgIpc) is 3.06. The van der Waals surface area contributed by atoms with Crippen LogP contribution >= 0.6 is 23.8 Å². The smallest absolute Gasteiger partial charge is 0.216 e. The van der Waals surface area contributed by atoms with Gasteiger partial charge in [-0.2, -0.15) is 14.9 Å². The molecule has 0 radical (unpaired) electrons. The summed E-state index contributed by atoms with van der Waals surface area (Å²) in [6.45, 7) is 0. The molecule has 0 unspecified atom stereocenters. The van der Waals surface area contributed by atoms with E-state index in [1.807, 2.05) is 12.1 Å². The highest BCUT2D eigenvalue weighted by atomic mass is 35.5. The summed E-state index contributed by atoms with van der Waals surface area (Å²) in [4.78, 5) is 0. The second-order valence-corrected chi connectivity index (χ2v) is 6.19. The van der Waals surface area contributed by atoms with Crippen molar-refractivity contribution in [2.75, 3.05) is 21.3 Å². The topological polar surface area (TPSA) is 73.7 Å². The Morgan fingerprint density at radius 2 is 1.67 bits per heavy atom. The lowest BCUT2D eigenvalue weighted by Crippen LogP contribution is -1.99. The number of benzene rings is 2. The lowest BCUT2D eigenvalue weighted by atomic mass is 10.2. The van der Waals surface area contributed by atoms with Gasteiger partial charge < -0.3 is 14.2 Å². The van der Waals surface area contributed by atoms with Gasteiger partial charge in [0, 0.05) is 22.2 Å². The van der Waals surface area contributed by atoms with Crippen LogP contribution in [0.15, 0.2) is 41.5 Å². The minimum Gasteiger partial charge on any atom is -0.496 e. The van der Waals surface area contributed by atoms with Crippen LogP contribution in [0.1, 0.15) is 5.56 Å². The van der Waals surface area contributed by atoms with E-state index in [4.69, 9.17) is 38.0 Å². The molecule has 0 aliphatic rings. The van der Waals surface area contributed by atoms with Crippen molar-refractivity contribution in [2.45, 2.75) is 0 Å². The summed E-state index contributed by atoms with van der Waals surface area (Å²) in [7, 11) is 4.70. The molecule has 0 fully saturated rings. The standard InChI is InChI=1S/C18H17ClN4O3S/c1-24-14-9-16(26-3)15(25-2)8-12(14)10-20-23-17(21-22-18(23)27)11-4-6-13(19)7-5-11/h4-10H,1-3H3,(H,22,27)/b20-10+. The van der Waals surface area contributed by atoms with E-state index in [9.17, 15) is 0 Å². The highest BCUT2D eigenvalue weighted by molar-refractivity contribution is 7.71. The highest BCUT2D eigenvalue weighted by Gasteiger charge is 2.12. The third kappa shape index (κ3) is 3.96. The lowest BCUT2D eigenvalue weighted by molar-refractivity contribution is 0.349. The van der Waals surface area contributed by atoms with Crippen LogP contribution in [0, 0.1) is 4.77 Å². The Kier molecular flexibility index (Phi) is 5.78. The second-order valence-electron chi connectivity index (χ2n) is 5.36. The molecular weight excluding hydrogens is 388 g/mol. The number of nitrogens with zero attached hydrogens (tertiary/aromatic N) is 3. The number of aromatic amines is 1. The fourth-order valence-electron chi connectivity index (χ4n) is 2.46. The van der Waals surface area contributed by atoms with Crippen molar-refractivity contribution in [1.82, 2.24) is 14.9 Å². The number of rotatable bonds is 6. The quantitative estimate of drug-likeness (QED) is 0.493. The fourth-order valence-corrected chi connectivity index (χ4v) is 2.76. The maximum atomic E-state index is 5.95. The Labute approximate surface area is 166 Å². The van der Waals surface area contributed by atoms with Gasteiger partial charge in [-0.3, -0.25) is 0 Å². The van der Waals surface area contributed by atoms with Gasteiger partial charge in [0.15, 0.2) is 17.3 Å². The molecule has 0 aliphatic heterocycles. The molecule has 140 valence electrons. The second kappa shape index (κ2) is 8.24. The third-order valence-corrected chi connectivity index (χ3v) is 4.32. The predicted molar refractivity (Wildman–Crippen MR) is 107 cm³/mol. The van der Waals surface area contributed by atoms with Crippen LogP contribution in [-0.4, -0.2) is 42.4 Å². The third-order valence-electron chi connectivity index (χ3n) is 3.80. The molecule has 0 aliphatic carbocycles. The zero-order valence-corrected chi connectivity index (χ0v) is 16.5. The van der Waals surface area contributed by atoms with Gasteiger partial charge in [0.2, 0.25) is 4.77 Å². The van der Waals surface area contributed by atoms with Gasteiger partial charge in [-0.25, -0.2) is 5.10 Å². The predicted octanol–water partition coefficient (Wildman–Crippen LogP) is 4.17. The zero-order chi connectivity index (χ0) is 19.4. The van der Waals surface area contributed by atoms with Crippen molar-refractivity contribution < 1.29 is 14.2 Å². The van der Waals surface area contributed by atoms with E-state index >= 15 is 0 Å². The first kappa shape index (κ1) is 18.9. The van der Waals surface area contributed by atoms with E-state index in [0.717, 1.165) is 5.56 Å². The normalized spacial score (nSPS) is 11.0. The molecule has 0 saturated carbocycles. The van der Waals surface area contributed by atoms with E-state index in [0.29, 0.717) is 38.4 Å². The molecule has 0 amide bonds. The average molecular weight is 405 g/mol. The van der Waals surface area contributed by atoms with Crippen LogP contribution in [0.4, 0.5) is 0 Å². The number of nitrogens with one attached hydrogen (secondary N) is 1. The first-order valence-electron chi connectivity index (χ1n) is 7.85. The zero-order valence-electron chi connectivity index (χ0n) is 14.9. The minimum atomic E-state index is 0.357. The summed E-state index contributed by atoms with van der Waals surface area (Å²) in [5.74, 6) is 2.27. The first-order chi connectivity index (χ1) is 13.1. The monoisotopic (exact) mass is 404 g/mol. The van der Waals surface area contributed by atoms with E-state index in [-0.39, 0.29) is 0 Å². The van der Waals surface area contributed by atoms with Crippen LogP contribution in [0.5, 0.6) is 17.2 Å². The highest BCUT2D eigenvalue weighted by Crippen LogP contribution is 2.33. The maximum Gasteiger partial charge on any atom is 0.216 e. The molecule has 9 heteroatoms. The fraction of sp³-hybridized carbons (Fsp3) is 0.167. The summed E-state index contributed by atoms with van der Waals surface area (Å²) < 4.78 is 17.9. The SMILES string of the molecule is COc1cc(OC)c(OC)cc1/C=N/n1c(-c2ccc(Cl)cc2)n[nH]c1=S. The van der Waals surface area contributed by atoms with Gasteiger partial charge in [0.25, 0.3) is 0 Å². The van der Waals surface area contributed by atoms with Crippen molar-refractivity contribution in [3.8, 4) is 28.6 Å². The molecule has 0 spiro atoms. The lowest BCUT2D eigenvalue weighted by Gasteiger charge is -2.11. The number of H-pyrrole nitrogens is 1. The summed E-state index contributed by atoms with van der Waals surface area (Å²) >= 11 is 11.2. The van der Waals surface area contributed by atoms with Gasteiger partial charge in [-0.15, -0.1) is 0 Å². The van der Waals surface area contributed by atoms with Crippen molar-refractivity contribution in [1.29, 1.82) is 0 Å². The van der Waals surface area contributed by atoms with Crippen LogP contribution < -0.4 is 14.2 Å². The van der Waals surface area contributed by atoms with Crippen molar-refractivity contribution >= 4 is 30.0 Å². The Bertz CT molecular complexity index is 1030. The number of hydrogen-bond donors (Lipinski definition) is 1. The summed E-state index contributed by atoms with van der Waals surface area (Å²) in [6.07, 6.45) is 1.62. The van der Waals surface area contributed by atoms with Crippen molar-refractivity contribution in [3.05, 3.63) is 51.8 Å². The van der Waals surface area contributed by atoms with Crippen molar-refractivity contribution in [3.63, 3.8) is 0 Å². The minimum absolute atomic E-state index is 0.357. The van der Waals surface area contributed by atoms with Crippen LogP contribution in [0.2, 0.25) is 5.02 Å². The summed E-state index contributed by atoms with van der Waals surface area (Å²) in [5, 5.41) is 12.1. The summed E-state index contributed by atoms with van der Waals surface area (Å²) in [5.41, 5.74) is 1.52. The molecule has 7 nitrogen and oxygen atoms in total. The van der Waals surface area contributed by atoms with E-state index in [2.05, 4.69) is 15.3 Å². The Hall–Kier alpha value is -2.84.